The lowest BCUT2D eigenvalue weighted by molar-refractivity contribution is -0.0543. The Morgan fingerprint density at radius 1 is 1.47 bits per heavy atom. The fraction of sp³-hybridized carbons (Fsp3) is 1.00. The fourth-order valence-corrected chi connectivity index (χ4v) is 3.56. The number of alkyl halides is 2. The minimum Gasteiger partial charge on any atom is -0.316 e. The number of hydrogen-bond acceptors (Lipinski definition) is 2. The molecule has 0 aromatic carbocycles. The van der Waals surface area contributed by atoms with Gasteiger partial charge in [0.2, 0.25) is 5.92 Å². The van der Waals surface area contributed by atoms with E-state index < -0.39 is 5.92 Å². The normalized spacial score (nSPS) is 25.8. The van der Waals surface area contributed by atoms with Gasteiger partial charge in [0.25, 0.3) is 0 Å². The highest BCUT2D eigenvalue weighted by Crippen LogP contribution is 2.38. The molecule has 0 radical (unpaired) electrons. The summed E-state index contributed by atoms with van der Waals surface area (Å²) in [7, 11) is 1.94. The second kappa shape index (κ2) is 7.57. The Morgan fingerprint density at radius 2 is 2.24 bits per heavy atom. The van der Waals surface area contributed by atoms with E-state index in [1.165, 1.54) is 12.2 Å². The average Bonchev–Trinajstić information content (AvgIpc) is 2.26. The lowest BCUT2D eigenvalue weighted by atomic mass is 9.83. The predicted octanol–water partition coefficient (Wildman–Crippen LogP) is 3.93. The maximum Gasteiger partial charge on any atom is 0.248 e. The molecule has 0 amide bonds. The molecule has 0 saturated heterocycles. The molecule has 1 N–H and O–H groups in total. The summed E-state index contributed by atoms with van der Waals surface area (Å²) >= 11 is 1.92. The van der Waals surface area contributed by atoms with Crippen molar-refractivity contribution in [1.82, 2.24) is 5.32 Å². The summed E-state index contributed by atoms with van der Waals surface area (Å²) in [6, 6.07) is 0.394. The van der Waals surface area contributed by atoms with Crippen molar-refractivity contribution in [3.05, 3.63) is 0 Å². The minimum absolute atomic E-state index is 0.0955. The summed E-state index contributed by atoms with van der Waals surface area (Å²) in [5.74, 6) is 0.0156. The Kier molecular flexibility index (Phi) is 6.78. The zero-order chi connectivity index (χ0) is 12.7. The van der Waals surface area contributed by atoms with Crippen LogP contribution in [0.4, 0.5) is 8.78 Å². The molecule has 1 saturated carbocycles. The molecule has 102 valence electrons. The third kappa shape index (κ3) is 6.05. The summed E-state index contributed by atoms with van der Waals surface area (Å²) in [5.41, 5.74) is 0. The molecule has 1 nitrogen and oxygen atoms in total. The highest BCUT2D eigenvalue weighted by Gasteiger charge is 2.36. The smallest absolute Gasteiger partial charge is 0.248 e. The minimum atomic E-state index is -2.40. The van der Waals surface area contributed by atoms with E-state index in [2.05, 4.69) is 12.2 Å². The van der Waals surface area contributed by atoms with Crippen molar-refractivity contribution < 1.29 is 8.78 Å². The molecule has 0 heterocycles. The molecule has 4 heteroatoms. The summed E-state index contributed by atoms with van der Waals surface area (Å²) in [6.45, 7) is 2.17. The third-order valence-corrected chi connectivity index (χ3v) is 4.77. The first-order chi connectivity index (χ1) is 8.07. The first kappa shape index (κ1) is 15.2. The van der Waals surface area contributed by atoms with Crippen molar-refractivity contribution in [3.8, 4) is 0 Å². The SMILES string of the molecule is CCCSCC(CC1CCCC(F)(F)C1)NC. The van der Waals surface area contributed by atoms with E-state index >= 15 is 0 Å². The van der Waals surface area contributed by atoms with E-state index in [0.29, 0.717) is 12.5 Å². The van der Waals surface area contributed by atoms with Crippen molar-refractivity contribution in [2.24, 2.45) is 5.92 Å². The largest absolute Gasteiger partial charge is 0.316 e. The molecule has 0 aromatic rings. The van der Waals surface area contributed by atoms with Crippen LogP contribution in [0.25, 0.3) is 0 Å². The topological polar surface area (TPSA) is 12.0 Å². The van der Waals surface area contributed by atoms with Crippen LogP contribution >= 0.6 is 11.8 Å². The first-order valence-corrected chi connectivity index (χ1v) is 7.85. The average molecular weight is 265 g/mol. The quantitative estimate of drug-likeness (QED) is 0.700. The standard InChI is InChI=1S/C13H25F2NS/c1-3-7-17-10-12(16-2)8-11-5-4-6-13(14,15)9-11/h11-12,16H,3-10H2,1-2H3. The first-order valence-electron chi connectivity index (χ1n) is 6.70. The lowest BCUT2D eigenvalue weighted by Crippen LogP contribution is -2.34. The van der Waals surface area contributed by atoms with Crippen molar-refractivity contribution >= 4 is 11.8 Å². The second-order valence-corrected chi connectivity index (χ2v) is 6.26. The molecule has 17 heavy (non-hydrogen) atoms. The van der Waals surface area contributed by atoms with Gasteiger partial charge in [0.15, 0.2) is 0 Å². The maximum atomic E-state index is 13.3. The van der Waals surface area contributed by atoms with Crippen LogP contribution in [0.1, 0.15) is 45.4 Å². The van der Waals surface area contributed by atoms with Crippen LogP contribution in [0.15, 0.2) is 0 Å². The van der Waals surface area contributed by atoms with E-state index in [0.717, 1.165) is 18.6 Å². The van der Waals surface area contributed by atoms with E-state index in [1.54, 1.807) is 0 Å². The number of rotatable bonds is 7. The number of halogens is 2. The number of thioether (sulfide) groups is 1. The van der Waals surface area contributed by atoms with E-state index in [9.17, 15) is 8.78 Å². The Bertz CT molecular complexity index is 212. The zero-order valence-electron chi connectivity index (χ0n) is 11.0. The van der Waals surface area contributed by atoms with Gasteiger partial charge in [0.05, 0.1) is 0 Å². The van der Waals surface area contributed by atoms with E-state index in [1.807, 2.05) is 18.8 Å². The van der Waals surface area contributed by atoms with Crippen LogP contribution in [0.5, 0.6) is 0 Å². The van der Waals surface area contributed by atoms with Gasteiger partial charge in [-0.2, -0.15) is 11.8 Å². The number of nitrogens with one attached hydrogen (secondary N) is 1. The van der Waals surface area contributed by atoms with Gasteiger partial charge in [-0.3, -0.25) is 0 Å². The van der Waals surface area contributed by atoms with Gasteiger partial charge < -0.3 is 5.32 Å². The molecule has 2 atom stereocenters. The van der Waals surface area contributed by atoms with Crippen LogP contribution in [-0.2, 0) is 0 Å². The Hall–Kier alpha value is 0.170. The Labute approximate surface area is 108 Å². The highest BCUT2D eigenvalue weighted by atomic mass is 32.2. The van der Waals surface area contributed by atoms with Crippen LogP contribution in [0.3, 0.4) is 0 Å². The van der Waals surface area contributed by atoms with Crippen LogP contribution in [0, 0.1) is 5.92 Å². The van der Waals surface area contributed by atoms with Crippen molar-refractivity contribution in [1.29, 1.82) is 0 Å². The Balaban J connectivity index is 2.29. The van der Waals surface area contributed by atoms with Crippen LogP contribution in [-0.4, -0.2) is 30.5 Å². The molecular formula is C13H25F2NS. The zero-order valence-corrected chi connectivity index (χ0v) is 11.8. The van der Waals surface area contributed by atoms with Gasteiger partial charge in [0.1, 0.15) is 0 Å². The molecule has 1 rings (SSSR count). The molecular weight excluding hydrogens is 240 g/mol. The Morgan fingerprint density at radius 3 is 2.82 bits per heavy atom. The lowest BCUT2D eigenvalue weighted by Gasteiger charge is -2.31. The van der Waals surface area contributed by atoms with Crippen LogP contribution in [0.2, 0.25) is 0 Å². The summed E-state index contributed by atoms with van der Waals surface area (Å²) in [4.78, 5) is 0. The van der Waals surface area contributed by atoms with Gasteiger partial charge in [0, 0.05) is 24.6 Å². The van der Waals surface area contributed by atoms with Gasteiger partial charge in [-0.25, -0.2) is 8.78 Å². The molecule has 1 aliphatic carbocycles. The van der Waals surface area contributed by atoms with Gasteiger partial charge >= 0.3 is 0 Å². The summed E-state index contributed by atoms with van der Waals surface area (Å²) < 4.78 is 26.6. The second-order valence-electron chi connectivity index (χ2n) is 5.11. The molecule has 0 bridgehead atoms. The molecule has 0 spiro atoms. The van der Waals surface area contributed by atoms with Gasteiger partial charge in [-0.15, -0.1) is 0 Å². The monoisotopic (exact) mass is 265 g/mol. The fourth-order valence-electron chi connectivity index (χ4n) is 2.52. The molecule has 0 aliphatic heterocycles. The molecule has 1 fully saturated rings. The summed E-state index contributed by atoms with van der Waals surface area (Å²) in [6.07, 6.45) is 3.95. The van der Waals surface area contributed by atoms with Crippen molar-refractivity contribution in [2.45, 2.75) is 57.4 Å². The van der Waals surface area contributed by atoms with E-state index in [4.69, 9.17) is 0 Å². The van der Waals surface area contributed by atoms with Gasteiger partial charge in [-0.05, 0) is 44.4 Å². The predicted molar refractivity (Wildman–Crippen MR) is 72.0 cm³/mol. The number of hydrogen-bond donors (Lipinski definition) is 1. The van der Waals surface area contributed by atoms with Gasteiger partial charge in [-0.1, -0.05) is 6.92 Å². The summed E-state index contributed by atoms with van der Waals surface area (Å²) in [5, 5.41) is 3.27. The highest BCUT2D eigenvalue weighted by molar-refractivity contribution is 7.99. The van der Waals surface area contributed by atoms with E-state index in [-0.39, 0.29) is 18.8 Å². The third-order valence-electron chi connectivity index (χ3n) is 3.44. The van der Waals surface area contributed by atoms with Crippen molar-refractivity contribution in [2.75, 3.05) is 18.6 Å². The van der Waals surface area contributed by atoms with Crippen molar-refractivity contribution in [3.63, 3.8) is 0 Å². The maximum absolute atomic E-state index is 13.3. The molecule has 0 aromatic heterocycles. The molecule has 2 unspecified atom stereocenters. The van der Waals surface area contributed by atoms with Crippen LogP contribution < -0.4 is 5.32 Å². The molecule has 1 aliphatic rings.